The van der Waals surface area contributed by atoms with Gasteiger partial charge in [0.05, 0.1) is 5.92 Å². The highest BCUT2D eigenvalue weighted by molar-refractivity contribution is 5.85. The number of hydrogen-bond acceptors (Lipinski definition) is 3. The maximum absolute atomic E-state index is 14.1. The van der Waals surface area contributed by atoms with Crippen molar-refractivity contribution in [3.05, 3.63) is 101 Å². The van der Waals surface area contributed by atoms with Crippen LogP contribution in [0, 0.1) is 6.92 Å². The molecule has 0 radical (unpaired) electrons. The minimum Gasteiger partial charge on any atom is -0.338 e. The summed E-state index contributed by atoms with van der Waals surface area (Å²) in [5.41, 5.74) is 4.04. The Morgan fingerprint density at radius 2 is 1.47 bits per heavy atom. The number of aromatic nitrogens is 1. The van der Waals surface area contributed by atoms with Crippen LogP contribution < -0.4 is 10.6 Å². The predicted octanol–water partition coefficient (Wildman–Crippen LogP) is 5.40. The van der Waals surface area contributed by atoms with E-state index in [4.69, 9.17) is 0 Å². The Morgan fingerprint density at radius 1 is 0.833 bits per heavy atom. The molecular weight excluding hydrogens is 448 g/mol. The number of carbonyl (C=O) groups is 2. The molecule has 2 N–H and O–H groups in total. The Labute approximate surface area is 215 Å². The zero-order chi connectivity index (χ0) is 26.1. The standard InChI is InChI=1S/C30H38N4O2/c1-21(2)34(22(3)4)29(35)28(26-12-9-17-31-19-26)27(25-10-7-6-8-11-25)20-33-30(36)32-18-24-15-13-23(5)14-16-24/h6-17,19,21-22,27-28H,18,20H2,1-5H3,(H2,32,33,36). The van der Waals surface area contributed by atoms with Crippen molar-refractivity contribution >= 4 is 11.9 Å². The van der Waals surface area contributed by atoms with Crippen LogP contribution in [0.3, 0.4) is 0 Å². The molecule has 2 unspecified atom stereocenters. The lowest BCUT2D eigenvalue weighted by atomic mass is 9.80. The molecule has 0 aliphatic heterocycles. The van der Waals surface area contributed by atoms with Gasteiger partial charge >= 0.3 is 6.03 Å². The van der Waals surface area contributed by atoms with E-state index in [2.05, 4.69) is 15.6 Å². The van der Waals surface area contributed by atoms with Gasteiger partial charge in [0.2, 0.25) is 5.91 Å². The van der Waals surface area contributed by atoms with Gasteiger partial charge in [0.25, 0.3) is 0 Å². The van der Waals surface area contributed by atoms with Crippen molar-refractivity contribution in [3.8, 4) is 0 Å². The second kappa shape index (κ2) is 12.9. The summed E-state index contributed by atoms with van der Waals surface area (Å²) >= 11 is 0. The van der Waals surface area contributed by atoms with Crippen LogP contribution in [0.2, 0.25) is 0 Å². The Balaban J connectivity index is 1.87. The minimum atomic E-state index is -0.497. The van der Waals surface area contributed by atoms with E-state index < -0.39 is 5.92 Å². The second-order valence-electron chi connectivity index (χ2n) is 9.76. The van der Waals surface area contributed by atoms with Gasteiger partial charge in [0, 0.05) is 43.5 Å². The van der Waals surface area contributed by atoms with Gasteiger partial charge in [-0.15, -0.1) is 0 Å². The second-order valence-corrected chi connectivity index (χ2v) is 9.76. The van der Waals surface area contributed by atoms with Crippen LogP contribution in [0.25, 0.3) is 0 Å². The van der Waals surface area contributed by atoms with E-state index in [1.807, 2.05) is 106 Å². The monoisotopic (exact) mass is 486 g/mol. The Kier molecular flexibility index (Phi) is 9.62. The number of amides is 3. The van der Waals surface area contributed by atoms with Crippen molar-refractivity contribution in [1.29, 1.82) is 0 Å². The van der Waals surface area contributed by atoms with Crippen molar-refractivity contribution < 1.29 is 9.59 Å². The number of pyridine rings is 1. The predicted molar refractivity (Wildman–Crippen MR) is 145 cm³/mol. The first-order valence-corrected chi connectivity index (χ1v) is 12.6. The molecule has 6 heteroatoms. The van der Waals surface area contributed by atoms with Gasteiger partial charge < -0.3 is 15.5 Å². The average Bonchev–Trinajstić information content (AvgIpc) is 2.86. The Morgan fingerprint density at radius 3 is 2.06 bits per heavy atom. The topological polar surface area (TPSA) is 74.3 Å². The lowest BCUT2D eigenvalue weighted by Gasteiger charge is -2.37. The van der Waals surface area contributed by atoms with Crippen molar-refractivity contribution in [2.24, 2.45) is 0 Å². The number of nitrogens with zero attached hydrogens (tertiary/aromatic N) is 2. The SMILES string of the molecule is Cc1ccc(CNC(=O)NCC(c2ccccc2)C(C(=O)N(C(C)C)C(C)C)c2cccnc2)cc1. The summed E-state index contributed by atoms with van der Waals surface area (Å²) in [6, 6.07) is 21.6. The molecule has 0 fully saturated rings. The number of hydrogen-bond donors (Lipinski definition) is 2. The molecule has 3 amide bonds. The fourth-order valence-electron chi connectivity index (χ4n) is 4.65. The van der Waals surface area contributed by atoms with E-state index in [0.717, 1.165) is 16.7 Å². The third-order valence-electron chi connectivity index (χ3n) is 6.36. The van der Waals surface area contributed by atoms with Crippen molar-refractivity contribution in [3.63, 3.8) is 0 Å². The smallest absolute Gasteiger partial charge is 0.315 e. The van der Waals surface area contributed by atoms with Crippen molar-refractivity contribution in [1.82, 2.24) is 20.5 Å². The van der Waals surface area contributed by atoms with Crippen LogP contribution in [-0.4, -0.2) is 40.5 Å². The van der Waals surface area contributed by atoms with E-state index in [9.17, 15) is 9.59 Å². The van der Waals surface area contributed by atoms with Gasteiger partial charge in [-0.25, -0.2) is 4.79 Å². The number of nitrogens with one attached hydrogen (secondary N) is 2. The zero-order valence-electron chi connectivity index (χ0n) is 21.9. The van der Waals surface area contributed by atoms with Gasteiger partial charge in [0.1, 0.15) is 0 Å². The van der Waals surface area contributed by atoms with Gasteiger partial charge in [-0.05, 0) is 57.4 Å². The number of aryl methyl sites for hydroxylation is 1. The van der Waals surface area contributed by atoms with Gasteiger partial charge in [-0.2, -0.15) is 0 Å². The molecule has 0 saturated carbocycles. The molecule has 0 spiro atoms. The maximum atomic E-state index is 14.1. The third kappa shape index (κ3) is 7.17. The van der Waals surface area contributed by atoms with Gasteiger partial charge in [-0.1, -0.05) is 66.2 Å². The first-order chi connectivity index (χ1) is 17.3. The summed E-state index contributed by atoms with van der Waals surface area (Å²) in [4.78, 5) is 33.1. The van der Waals surface area contributed by atoms with Crippen LogP contribution in [0.1, 0.15) is 61.8 Å². The van der Waals surface area contributed by atoms with Crippen LogP contribution >= 0.6 is 0 Å². The normalized spacial score (nSPS) is 12.8. The number of rotatable bonds is 10. The summed E-state index contributed by atoms with van der Waals surface area (Å²) < 4.78 is 0. The van der Waals surface area contributed by atoms with E-state index in [1.165, 1.54) is 5.56 Å². The lowest BCUT2D eigenvalue weighted by Crippen LogP contribution is -2.47. The largest absolute Gasteiger partial charge is 0.338 e. The maximum Gasteiger partial charge on any atom is 0.315 e. The summed E-state index contributed by atoms with van der Waals surface area (Å²) in [6.45, 7) is 10.9. The zero-order valence-corrected chi connectivity index (χ0v) is 21.9. The first-order valence-electron chi connectivity index (χ1n) is 12.6. The van der Waals surface area contributed by atoms with E-state index in [0.29, 0.717) is 13.1 Å². The molecule has 1 aromatic heterocycles. The van der Waals surface area contributed by atoms with E-state index in [-0.39, 0.29) is 29.9 Å². The van der Waals surface area contributed by atoms with Crippen LogP contribution in [0.15, 0.2) is 79.1 Å². The highest BCUT2D eigenvalue weighted by atomic mass is 16.2. The fourth-order valence-corrected chi connectivity index (χ4v) is 4.65. The molecule has 6 nitrogen and oxygen atoms in total. The summed E-state index contributed by atoms with van der Waals surface area (Å²) in [5.74, 6) is -0.736. The minimum absolute atomic E-state index is 0.0312. The molecule has 190 valence electrons. The molecule has 0 bridgehead atoms. The first kappa shape index (κ1) is 26.9. The summed E-state index contributed by atoms with van der Waals surface area (Å²) in [5, 5.41) is 5.96. The van der Waals surface area contributed by atoms with Gasteiger partial charge in [0.15, 0.2) is 0 Å². The molecule has 0 saturated heterocycles. The molecular formula is C30H38N4O2. The van der Waals surface area contributed by atoms with Crippen LogP contribution in [-0.2, 0) is 11.3 Å². The van der Waals surface area contributed by atoms with E-state index >= 15 is 0 Å². The van der Waals surface area contributed by atoms with Crippen LogP contribution in [0.4, 0.5) is 4.79 Å². The fraction of sp³-hybridized carbons (Fsp3) is 0.367. The van der Waals surface area contributed by atoms with E-state index in [1.54, 1.807) is 12.4 Å². The summed E-state index contributed by atoms with van der Waals surface area (Å²) in [7, 11) is 0. The molecule has 1 heterocycles. The molecule has 3 rings (SSSR count). The van der Waals surface area contributed by atoms with Gasteiger partial charge in [-0.3, -0.25) is 9.78 Å². The highest BCUT2D eigenvalue weighted by Gasteiger charge is 2.36. The van der Waals surface area contributed by atoms with Crippen LogP contribution in [0.5, 0.6) is 0 Å². The Hall–Kier alpha value is -3.67. The third-order valence-corrected chi connectivity index (χ3v) is 6.36. The molecule has 0 aliphatic carbocycles. The average molecular weight is 487 g/mol. The quantitative estimate of drug-likeness (QED) is 0.403. The molecule has 36 heavy (non-hydrogen) atoms. The molecule has 0 aliphatic rings. The molecule has 2 aromatic carbocycles. The highest BCUT2D eigenvalue weighted by Crippen LogP contribution is 2.35. The summed E-state index contributed by atoms with van der Waals surface area (Å²) in [6.07, 6.45) is 3.47. The van der Waals surface area contributed by atoms with Crippen molar-refractivity contribution in [2.45, 2.75) is 65.1 Å². The van der Waals surface area contributed by atoms with Crippen molar-refractivity contribution in [2.75, 3.05) is 6.54 Å². The Bertz CT molecular complexity index is 1090. The number of urea groups is 1. The molecule has 2 atom stereocenters. The molecule has 3 aromatic rings. The number of benzene rings is 2. The number of carbonyl (C=O) groups excluding carboxylic acids is 2. The lowest BCUT2D eigenvalue weighted by molar-refractivity contribution is -0.137.